The smallest absolute Gasteiger partial charge is 0.309 e. The zero-order valence-corrected chi connectivity index (χ0v) is 52.2. The van der Waals surface area contributed by atoms with Gasteiger partial charge in [-0.1, -0.05) is 214 Å². The number of carboxylic acid groups (broad SMARTS) is 1. The summed E-state index contributed by atoms with van der Waals surface area (Å²) in [7, 11) is 1.35. The number of aromatic nitrogens is 4. The third kappa shape index (κ3) is 20.3. The van der Waals surface area contributed by atoms with Gasteiger partial charge in [0.05, 0.1) is 32.2 Å². The number of nitrogens with zero attached hydrogens (tertiary/aromatic N) is 4. The lowest BCUT2D eigenvalue weighted by atomic mass is 9.85. The van der Waals surface area contributed by atoms with Gasteiger partial charge in [-0.05, 0) is 107 Å². The number of ether oxygens (including phenoxy) is 3. The minimum absolute atomic E-state index is 0.000910. The van der Waals surface area contributed by atoms with E-state index in [-0.39, 0.29) is 41.7 Å². The van der Waals surface area contributed by atoms with Crippen molar-refractivity contribution < 1.29 is 47.5 Å². The summed E-state index contributed by atoms with van der Waals surface area (Å²) in [5.74, 6) is 0.310. The first-order valence-corrected chi connectivity index (χ1v) is 30.7. The number of esters is 1. The van der Waals surface area contributed by atoms with Gasteiger partial charge in [0.15, 0.2) is 11.6 Å². The molecule has 0 amide bonds. The van der Waals surface area contributed by atoms with Crippen LogP contribution in [0.15, 0.2) is 155 Å². The molecule has 0 aliphatic carbocycles. The second-order valence-corrected chi connectivity index (χ2v) is 24.4. The van der Waals surface area contributed by atoms with Crippen LogP contribution < -0.4 is 9.47 Å². The predicted octanol–water partition coefficient (Wildman–Crippen LogP) is 17.2. The van der Waals surface area contributed by atoms with Crippen molar-refractivity contribution in [3.05, 3.63) is 179 Å². The van der Waals surface area contributed by atoms with Crippen LogP contribution in [0.4, 0.5) is 0 Å². The van der Waals surface area contributed by atoms with E-state index in [1.54, 1.807) is 12.1 Å². The molecule has 0 aliphatic heterocycles. The van der Waals surface area contributed by atoms with Gasteiger partial charge in [-0.15, -0.1) is 0 Å². The molecule has 2 atom stereocenters. The van der Waals surface area contributed by atoms with Crippen LogP contribution in [-0.2, 0) is 38.0 Å². The lowest BCUT2D eigenvalue weighted by molar-refractivity contribution is -0.145. The second kappa shape index (κ2) is 32.3. The van der Waals surface area contributed by atoms with Crippen molar-refractivity contribution in [2.45, 2.75) is 156 Å². The van der Waals surface area contributed by atoms with E-state index in [9.17, 15) is 24.3 Å². The lowest BCUT2D eigenvalue weighted by Gasteiger charge is -2.19. The van der Waals surface area contributed by atoms with Crippen molar-refractivity contribution in [2.24, 2.45) is 11.8 Å². The molecule has 0 bridgehead atoms. The molecule has 6 aromatic carbocycles. The molecule has 0 fully saturated rings. The number of benzene rings is 6. The molecule has 2 aromatic heterocycles. The van der Waals surface area contributed by atoms with Crippen molar-refractivity contribution in [3.63, 3.8) is 0 Å². The Bertz CT molecular complexity index is 3410. The van der Waals surface area contributed by atoms with Crippen molar-refractivity contribution in [1.29, 1.82) is 0 Å². The summed E-state index contributed by atoms with van der Waals surface area (Å²) in [4.78, 5) is 59.7. The Morgan fingerprint density at radius 1 is 0.460 bits per heavy atom. The number of carbonyl (C=O) groups excluding carboxylic acids is 3. The quantitative estimate of drug-likeness (QED) is 0.0254. The van der Waals surface area contributed by atoms with E-state index in [0.717, 1.165) is 68.8 Å². The number of ketones is 2. The lowest BCUT2D eigenvalue weighted by Crippen LogP contribution is -2.22. The van der Waals surface area contributed by atoms with Crippen LogP contribution in [0.1, 0.15) is 175 Å². The van der Waals surface area contributed by atoms with Crippen LogP contribution in [-0.4, -0.2) is 69.2 Å². The van der Waals surface area contributed by atoms with Gasteiger partial charge in [-0.2, -0.15) is 9.97 Å². The Morgan fingerprint density at radius 2 is 0.816 bits per heavy atom. The largest absolute Gasteiger partial charge is 0.494 e. The fourth-order valence-corrected chi connectivity index (χ4v) is 9.89. The number of carbonyl (C=O) groups is 4. The highest BCUT2D eigenvalue weighted by molar-refractivity contribution is 5.99. The molecule has 0 radical (unpaired) electrons. The van der Waals surface area contributed by atoms with E-state index in [1.807, 2.05) is 133 Å². The van der Waals surface area contributed by atoms with Crippen LogP contribution in [0.3, 0.4) is 0 Å². The summed E-state index contributed by atoms with van der Waals surface area (Å²) in [6, 6.07) is 45.3. The van der Waals surface area contributed by atoms with E-state index >= 15 is 0 Å². The van der Waals surface area contributed by atoms with Crippen molar-refractivity contribution in [1.82, 2.24) is 20.3 Å². The Morgan fingerprint density at radius 3 is 1.17 bits per heavy atom. The van der Waals surface area contributed by atoms with Crippen LogP contribution in [0.2, 0.25) is 0 Å². The molecule has 1 N–H and O–H groups in total. The average Bonchev–Trinajstić information content (AvgIpc) is 3.80. The number of unbranched alkanes of at least 4 members (excludes halogenated alkanes) is 8. The minimum atomic E-state index is -0.991. The van der Waals surface area contributed by atoms with Crippen LogP contribution in [0, 0.1) is 11.8 Å². The van der Waals surface area contributed by atoms with E-state index in [4.69, 9.17) is 23.3 Å². The first-order chi connectivity index (χ1) is 41.8. The fraction of sp³-hybridized carbons (Fsp3) is 0.397. The molecule has 0 saturated heterocycles. The molecule has 14 heteroatoms. The number of carboxylic acids is 1. The molecule has 8 aromatic rings. The van der Waals surface area contributed by atoms with Gasteiger partial charge < -0.3 is 28.4 Å². The van der Waals surface area contributed by atoms with Gasteiger partial charge in [0, 0.05) is 46.2 Å². The summed E-state index contributed by atoms with van der Waals surface area (Å²) in [6.07, 6.45) is 12.6. The molecule has 8 rings (SSSR count). The minimum Gasteiger partial charge on any atom is -0.494 e. The number of aliphatic carboxylic acids is 1. The molecule has 0 unspecified atom stereocenters. The second-order valence-electron chi connectivity index (χ2n) is 24.4. The van der Waals surface area contributed by atoms with Crippen LogP contribution >= 0.6 is 0 Å². The highest BCUT2D eigenvalue weighted by Gasteiger charge is 2.26. The van der Waals surface area contributed by atoms with E-state index in [1.165, 1.54) is 58.5 Å². The molecule has 2 heterocycles. The van der Waals surface area contributed by atoms with Gasteiger partial charge in [0.1, 0.15) is 11.5 Å². The molecule has 87 heavy (non-hydrogen) atoms. The SMILES string of the molecule is CCCCCCCOc1ccc(-c2nc(-c3ccc(C[C@H](CC(=O)c4ccc(C(C)(C)C)cc4)C(=O)O)cc3)no2)cc1.CCCCCCCOc1ccc(-c2nc(-c3ccc(C[C@H](CC(=O)c4ccc(C(C)(C)C)cc4)C(=O)OC)cc3)no2)cc1. The summed E-state index contributed by atoms with van der Waals surface area (Å²) < 4.78 is 27.8. The summed E-state index contributed by atoms with van der Waals surface area (Å²) >= 11 is 0. The molecule has 0 aliphatic rings. The maximum atomic E-state index is 13.1. The van der Waals surface area contributed by atoms with Crippen molar-refractivity contribution in [3.8, 4) is 57.2 Å². The molecule has 0 saturated carbocycles. The molecule has 458 valence electrons. The third-order valence-corrected chi connectivity index (χ3v) is 15.4. The van der Waals surface area contributed by atoms with E-state index in [2.05, 4.69) is 75.7 Å². The number of hydrogen-bond acceptors (Lipinski definition) is 13. The standard InChI is InChI=1S/C37H44N2O5.C36H42N2O5/c1-6-7-8-9-10-23-43-32-21-17-29(18-22-32)35-38-34(39-44-35)28-13-11-26(12-14-28)24-30(36(41)42-5)25-33(40)27-15-19-31(20-16-27)37(2,3)4;1-5-6-7-8-9-22-42-31-20-16-28(17-21-31)34-37-33(38-43-34)27-12-10-25(11-13-27)23-29(35(40)41)24-32(39)26-14-18-30(19-15-26)36(2,3)4/h11-22,30H,6-10,23-25H2,1-5H3;10-21,29H,5-9,22-24H2,1-4H3,(H,40,41)/t30-;29-/m11/s1. The van der Waals surface area contributed by atoms with Gasteiger partial charge >= 0.3 is 11.9 Å². The van der Waals surface area contributed by atoms with Crippen molar-refractivity contribution >= 4 is 23.5 Å². The topological polar surface area (TPSA) is 194 Å². The Labute approximate surface area is 513 Å². The van der Waals surface area contributed by atoms with E-state index < -0.39 is 23.8 Å². The van der Waals surface area contributed by atoms with Gasteiger partial charge in [-0.25, -0.2) is 0 Å². The normalized spacial score (nSPS) is 12.1. The maximum Gasteiger partial charge on any atom is 0.309 e. The molecule has 14 nitrogen and oxygen atoms in total. The highest BCUT2D eigenvalue weighted by atomic mass is 16.5. The predicted molar refractivity (Wildman–Crippen MR) is 341 cm³/mol. The first-order valence-electron chi connectivity index (χ1n) is 30.7. The maximum absolute atomic E-state index is 13.1. The number of rotatable bonds is 30. The zero-order chi connectivity index (χ0) is 62.3. The van der Waals surface area contributed by atoms with Gasteiger partial charge in [0.2, 0.25) is 11.6 Å². The van der Waals surface area contributed by atoms with Gasteiger partial charge in [0.25, 0.3) is 11.8 Å². The Balaban J connectivity index is 0.000000249. The monoisotopic (exact) mass is 1180 g/mol. The number of Topliss-reactive ketones (excluding diaryl/α,β-unsaturated/α-hetero) is 2. The van der Waals surface area contributed by atoms with Crippen molar-refractivity contribution in [2.75, 3.05) is 20.3 Å². The molecular weight excluding hydrogens is 1090 g/mol. The van der Waals surface area contributed by atoms with Gasteiger partial charge in [-0.3, -0.25) is 19.2 Å². The van der Waals surface area contributed by atoms with Crippen LogP contribution in [0.25, 0.3) is 45.7 Å². The zero-order valence-electron chi connectivity index (χ0n) is 52.2. The number of methoxy groups -OCH3 is 1. The molecular formula is C73H86N4O10. The fourth-order valence-electron chi connectivity index (χ4n) is 9.89. The summed E-state index contributed by atoms with van der Waals surface area (Å²) in [5.41, 5.74) is 8.26. The molecule has 0 spiro atoms. The third-order valence-electron chi connectivity index (χ3n) is 15.4. The van der Waals surface area contributed by atoms with E-state index in [0.29, 0.717) is 54.2 Å². The summed E-state index contributed by atoms with van der Waals surface area (Å²) in [5, 5.41) is 18.1. The van der Waals surface area contributed by atoms with Crippen LogP contribution in [0.5, 0.6) is 11.5 Å². The Hall–Kier alpha value is -8.52. The summed E-state index contributed by atoms with van der Waals surface area (Å²) in [6.45, 7) is 18.6. The number of hydrogen-bond donors (Lipinski definition) is 1. The average molecular weight is 1180 g/mol. The first kappa shape index (κ1) is 66.0. The highest BCUT2D eigenvalue weighted by Crippen LogP contribution is 2.30. The Kier molecular flexibility index (Phi) is 24.5.